The predicted molar refractivity (Wildman–Crippen MR) is 83.1 cm³/mol. The van der Waals surface area contributed by atoms with Crippen molar-refractivity contribution in [1.29, 1.82) is 0 Å². The minimum Gasteiger partial charge on any atom is -0.498 e. The van der Waals surface area contributed by atoms with E-state index in [1.807, 2.05) is 6.08 Å². The molecule has 3 nitrogen and oxygen atoms in total. The first kappa shape index (κ1) is 18.8. The standard InChI is InChI=1S/C17H28O3/c1-2-3-4-5-6-7-8-9-10-11-12-13-14-20-16-17(19)15-18/h9-10,13-14,17-19H,2-8,15-16H2,1H3/b10-9+,14-13-. The number of hydrogen-bond acceptors (Lipinski definition) is 3. The third kappa shape index (κ3) is 14.8. The lowest BCUT2D eigenvalue weighted by molar-refractivity contribution is 0.0385. The zero-order valence-corrected chi connectivity index (χ0v) is 12.6. The fraction of sp³-hybridized carbons (Fsp3) is 0.647. The Labute approximate surface area is 123 Å². The van der Waals surface area contributed by atoms with E-state index in [1.54, 1.807) is 6.08 Å². The van der Waals surface area contributed by atoms with E-state index in [9.17, 15) is 0 Å². The third-order valence-electron chi connectivity index (χ3n) is 2.76. The van der Waals surface area contributed by atoms with Gasteiger partial charge in [-0.05, 0) is 18.9 Å². The Morgan fingerprint density at radius 3 is 2.50 bits per heavy atom. The number of unbranched alkanes of at least 4 members (excludes halogenated alkanes) is 6. The van der Waals surface area contributed by atoms with Crippen LogP contribution in [0.3, 0.4) is 0 Å². The summed E-state index contributed by atoms with van der Waals surface area (Å²) in [5, 5.41) is 17.5. The number of aliphatic hydroxyl groups excluding tert-OH is 2. The second-order valence-corrected chi connectivity index (χ2v) is 4.72. The molecule has 0 fully saturated rings. The molecule has 2 N–H and O–H groups in total. The van der Waals surface area contributed by atoms with Crippen LogP contribution in [0.1, 0.15) is 51.9 Å². The SMILES string of the molecule is CCCCCCCC/C=C/C#C/C=C\OCC(O)CO. The summed E-state index contributed by atoms with van der Waals surface area (Å²) in [6, 6.07) is 0. The smallest absolute Gasteiger partial charge is 0.115 e. The van der Waals surface area contributed by atoms with Crippen molar-refractivity contribution in [2.45, 2.75) is 58.0 Å². The summed E-state index contributed by atoms with van der Waals surface area (Å²) < 4.78 is 4.96. The van der Waals surface area contributed by atoms with Crippen molar-refractivity contribution in [3.8, 4) is 11.8 Å². The van der Waals surface area contributed by atoms with Crippen LogP contribution in [0, 0.1) is 11.8 Å². The van der Waals surface area contributed by atoms with Gasteiger partial charge in [0, 0.05) is 6.08 Å². The molecule has 0 aliphatic heterocycles. The van der Waals surface area contributed by atoms with Gasteiger partial charge in [0.2, 0.25) is 0 Å². The van der Waals surface area contributed by atoms with E-state index in [0.717, 1.165) is 6.42 Å². The van der Waals surface area contributed by atoms with E-state index in [2.05, 4.69) is 24.8 Å². The van der Waals surface area contributed by atoms with Crippen molar-refractivity contribution in [1.82, 2.24) is 0 Å². The second-order valence-electron chi connectivity index (χ2n) is 4.72. The molecule has 0 bridgehead atoms. The lowest BCUT2D eigenvalue weighted by atomic mass is 10.1. The first-order valence-electron chi connectivity index (χ1n) is 7.52. The molecule has 0 amide bonds. The number of hydrogen-bond donors (Lipinski definition) is 2. The number of allylic oxidation sites excluding steroid dienone is 3. The van der Waals surface area contributed by atoms with Gasteiger partial charge in [-0.15, -0.1) is 0 Å². The first-order chi connectivity index (χ1) is 9.81. The van der Waals surface area contributed by atoms with Crippen LogP contribution in [-0.2, 0) is 4.74 Å². The highest BCUT2D eigenvalue weighted by atomic mass is 16.5. The molecule has 0 heterocycles. The summed E-state index contributed by atoms with van der Waals surface area (Å²) in [5.74, 6) is 5.70. The van der Waals surface area contributed by atoms with E-state index in [-0.39, 0.29) is 13.2 Å². The molecule has 3 heteroatoms. The molecule has 0 aromatic rings. The first-order valence-corrected chi connectivity index (χ1v) is 7.52. The van der Waals surface area contributed by atoms with Gasteiger partial charge < -0.3 is 14.9 Å². The molecule has 0 saturated heterocycles. The van der Waals surface area contributed by atoms with Gasteiger partial charge in [-0.2, -0.15) is 0 Å². The summed E-state index contributed by atoms with van der Waals surface area (Å²) in [6.07, 6.45) is 15.1. The Morgan fingerprint density at radius 1 is 1.05 bits per heavy atom. The second kappa shape index (κ2) is 15.8. The lowest BCUT2D eigenvalue weighted by Crippen LogP contribution is -2.17. The molecular formula is C17H28O3. The minimum atomic E-state index is -0.829. The fourth-order valence-corrected chi connectivity index (χ4v) is 1.58. The van der Waals surface area contributed by atoms with Gasteiger partial charge in [-0.25, -0.2) is 0 Å². The molecule has 0 radical (unpaired) electrons. The highest BCUT2D eigenvalue weighted by molar-refractivity contribution is 5.22. The van der Waals surface area contributed by atoms with Crippen molar-refractivity contribution < 1.29 is 14.9 Å². The van der Waals surface area contributed by atoms with Crippen LogP contribution in [0.15, 0.2) is 24.5 Å². The van der Waals surface area contributed by atoms with Crippen LogP contribution in [0.2, 0.25) is 0 Å². The van der Waals surface area contributed by atoms with Crippen molar-refractivity contribution in [2.75, 3.05) is 13.2 Å². The molecule has 0 saturated carbocycles. The summed E-state index contributed by atoms with van der Waals surface area (Å²) in [4.78, 5) is 0. The Kier molecular flexibility index (Phi) is 14.8. The molecule has 114 valence electrons. The van der Waals surface area contributed by atoms with Gasteiger partial charge in [0.1, 0.15) is 12.7 Å². The molecule has 20 heavy (non-hydrogen) atoms. The Bertz CT molecular complexity index is 310. The number of aliphatic hydroxyl groups is 2. The topological polar surface area (TPSA) is 49.7 Å². The van der Waals surface area contributed by atoms with Crippen LogP contribution >= 0.6 is 0 Å². The Hall–Kier alpha value is -1.24. The van der Waals surface area contributed by atoms with Crippen LogP contribution in [0.25, 0.3) is 0 Å². The maximum absolute atomic E-state index is 8.99. The van der Waals surface area contributed by atoms with E-state index >= 15 is 0 Å². The van der Waals surface area contributed by atoms with E-state index in [0.29, 0.717) is 0 Å². The van der Waals surface area contributed by atoms with Crippen molar-refractivity contribution in [3.63, 3.8) is 0 Å². The summed E-state index contributed by atoms with van der Waals surface area (Å²) in [6.45, 7) is 2.03. The Morgan fingerprint density at radius 2 is 1.75 bits per heavy atom. The zero-order chi connectivity index (χ0) is 14.9. The minimum absolute atomic E-state index is 0.0859. The molecular weight excluding hydrogens is 252 g/mol. The number of rotatable bonds is 11. The van der Waals surface area contributed by atoms with E-state index in [4.69, 9.17) is 14.9 Å². The summed E-state index contributed by atoms with van der Waals surface area (Å²) >= 11 is 0. The van der Waals surface area contributed by atoms with Crippen molar-refractivity contribution >= 4 is 0 Å². The fourth-order valence-electron chi connectivity index (χ4n) is 1.58. The quantitative estimate of drug-likeness (QED) is 0.347. The Balaban J connectivity index is 3.42. The average Bonchev–Trinajstić information content (AvgIpc) is 2.47. The summed E-state index contributed by atoms with van der Waals surface area (Å²) in [5.41, 5.74) is 0. The van der Waals surface area contributed by atoms with E-state index < -0.39 is 6.10 Å². The highest BCUT2D eigenvalue weighted by Crippen LogP contribution is 2.06. The van der Waals surface area contributed by atoms with Gasteiger partial charge in [0.05, 0.1) is 12.9 Å². The monoisotopic (exact) mass is 280 g/mol. The average molecular weight is 280 g/mol. The maximum atomic E-state index is 8.99. The van der Waals surface area contributed by atoms with Gasteiger partial charge in [-0.1, -0.05) is 56.9 Å². The van der Waals surface area contributed by atoms with Gasteiger partial charge in [0.25, 0.3) is 0 Å². The molecule has 0 aliphatic carbocycles. The molecule has 0 spiro atoms. The molecule has 0 rings (SSSR count). The van der Waals surface area contributed by atoms with Crippen LogP contribution in [0.4, 0.5) is 0 Å². The van der Waals surface area contributed by atoms with Crippen molar-refractivity contribution in [3.05, 3.63) is 24.5 Å². The molecule has 1 atom stereocenters. The summed E-state index contributed by atoms with van der Waals surface area (Å²) in [7, 11) is 0. The predicted octanol–water partition coefficient (Wildman–Crippen LogP) is 3.18. The van der Waals surface area contributed by atoms with Gasteiger partial charge in [0.15, 0.2) is 0 Å². The normalized spacial score (nSPS) is 12.6. The van der Waals surface area contributed by atoms with Gasteiger partial charge in [-0.3, -0.25) is 0 Å². The molecule has 1 unspecified atom stereocenters. The highest BCUT2D eigenvalue weighted by Gasteiger charge is 1.98. The number of ether oxygens (including phenoxy) is 1. The molecule has 0 aliphatic rings. The van der Waals surface area contributed by atoms with Gasteiger partial charge >= 0.3 is 0 Å². The maximum Gasteiger partial charge on any atom is 0.115 e. The largest absolute Gasteiger partial charge is 0.498 e. The van der Waals surface area contributed by atoms with Crippen LogP contribution < -0.4 is 0 Å². The van der Waals surface area contributed by atoms with E-state index in [1.165, 1.54) is 44.8 Å². The third-order valence-corrected chi connectivity index (χ3v) is 2.76. The van der Waals surface area contributed by atoms with Crippen LogP contribution in [-0.4, -0.2) is 29.5 Å². The zero-order valence-electron chi connectivity index (χ0n) is 12.6. The van der Waals surface area contributed by atoms with Crippen LogP contribution in [0.5, 0.6) is 0 Å². The molecule has 0 aromatic heterocycles. The van der Waals surface area contributed by atoms with Crippen molar-refractivity contribution in [2.24, 2.45) is 0 Å². The molecule has 0 aromatic carbocycles. The lowest BCUT2D eigenvalue weighted by Gasteiger charge is -2.04.